The highest BCUT2D eigenvalue weighted by Gasteiger charge is 2.61. The van der Waals surface area contributed by atoms with Gasteiger partial charge >= 0.3 is 0 Å². The molecule has 0 atom stereocenters. The second-order valence-electron chi connectivity index (χ2n) is 6.51. The number of methoxy groups -OCH3 is 1. The molecule has 0 saturated heterocycles. The van der Waals surface area contributed by atoms with E-state index in [1.54, 1.807) is 7.11 Å². The Labute approximate surface area is 117 Å². The van der Waals surface area contributed by atoms with Crippen LogP contribution in [0.1, 0.15) is 40.2 Å². The summed E-state index contributed by atoms with van der Waals surface area (Å²) in [6, 6.07) is 8.28. The molecule has 0 spiro atoms. The van der Waals surface area contributed by atoms with Gasteiger partial charge in [0.25, 0.3) is 0 Å². The maximum Gasteiger partial charge on any atom is 0.118 e. The van der Waals surface area contributed by atoms with E-state index in [-0.39, 0.29) is 10.8 Å². The lowest BCUT2D eigenvalue weighted by molar-refractivity contribution is 0.415. The highest BCUT2D eigenvalue weighted by Crippen LogP contribution is 2.70. The van der Waals surface area contributed by atoms with Crippen molar-refractivity contribution in [2.45, 2.75) is 34.6 Å². The Kier molecular flexibility index (Phi) is 3.12. The van der Waals surface area contributed by atoms with Gasteiger partial charge in [-0.3, -0.25) is 0 Å². The van der Waals surface area contributed by atoms with Crippen molar-refractivity contribution >= 4 is 5.57 Å². The molecule has 0 bridgehead atoms. The van der Waals surface area contributed by atoms with Gasteiger partial charge in [0.1, 0.15) is 5.75 Å². The average Bonchev–Trinajstić information content (AvgIpc) is 2.73. The molecule has 1 aliphatic rings. The summed E-state index contributed by atoms with van der Waals surface area (Å²) in [5, 5.41) is 0. The Morgan fingerprint density at radius 3 is 1.79 bits per heavy atom. The summed E-state index contributed by atoms with van der Waals surface area (Å²) >= 11 is 0. The molecule has 0 heterocycles. The Bertz CT molecular complexity index is 526. The molecule has 102 valence electrons. The first kappa shape index (κ1) is 13.9. The average molecular weight is 256 g/mol. The predicted molar refractivity (Wildman–Crippen MR) is 82.3 cm³/mol. The van der Waals surface area contributed by atoms with Crippen LogP contribution in [0.15, 0.2) is 42.0 Å². The van der Waals surface area contributed by atoms with Crippen molar-refractivity contribution in [1.29, 1.82) is 0 Å². The van der Waals surface area contributed by atoms with Gasteiger partial charge in [0.15, 0.2) is 0 Å². The smallest absolute Gasteiger partial charge is 0.118 e. The summed E-state index contributed by atoms with van der Waals surface area (Å²) < 4.78 is 5.23. The van der Waals surface area contributed by atoms with E-state index >= 15 is 0 Å². The van der Waals surface area contributed by atoms with Gasteiger partial charge in [0, 0.05) is 0 Å². The predicted octanol–water partition coefficient (Wildman–Crippen LogP) is 5.09. The lowest BCUT2D eigenvalue weighted by Gasteiger charge is -2.10. The lowest BCUT2D eigenvalue weighted by atomic mass is 9.96. The van der Waals surface area contributed by atoms with Crippen molar-refractivity contribution in [3.05, 3.63) is 47.6 Å². The van der Waals surface area contributed by atoms with Gasteiger partial charge in [-0.25, -0.2) is 0 Å². The molecule has 1 nitrogen and oxygen atoms in total. The van der Waals surface area contributed by atoms with Crippen molar-refractivity contribution in [2.75, 3.05) is 7.11 Å². The molecule has 1 fully saturated rings. The fourth-order valence-corrected chi connectivity index (χ4v) is 3.02. The molecule has 0 unspecified atom stereocenters. The van der Waals surface area contributed by atoms with Gasteiger partial charge in [-0.05, 0) is 46.6 Å². The van der Waals surface area contributed by atoms with Crippen molar-refractivity contribution in [2.24, 2.45) is 10.8 Å². The molecule has 2 rings (SSSR count). The normalized spacial score (nSPS) is 18.9. The highest BCUT2D eigenvalue weighted by molar-refractivity contribution is 5.85. The lowest BCUT2D eigenvalue weighted by Crippen LogP contribution is -1.95. The number of benzene rings is 1. The monoisotopic (exact) mass is 256 g/mol. The zero-order valence-corrected chi connectivity index (χ0v) is 12.9. The summed E-state index contributed by atoms with van der Waals surface area (Å²) in [6.07, 6.45) is 0. The van der Waals surface area contributed by atoms with Gasteiger partial charge in [-0.2, -0.15) is 0 Å². The van der Waals surface area contributed by atoms with Crippen LogP contribution >= 0.6 is 0 Å². The van der Waals surface area contributed by atoms with E-state index in [0.29, 0.717) is 0 Å². The van der Waals surface area contributed by atoms with Crippen LogP contribution in [-0.4, -0.2) is 7.11 Å². The minimum absolute atomic E-state index is 0.251. The molecule has 19 heavy (non-hydrogen) atoms. The van der Waals surface area contributed by atoms with Gasteiger partial charge in [-0.15, -0.1) is 0 Å². The second kappa shape index (κ2) is 4.26. The van der Waals surface area contributed by atoms with Crippen LogP contribution in [0, 0.1) is 10.8 Å². The van der Waals surface area contributed by atoms with Gasteiger partial charge in [0.05, 0.1) is 7.11 Å². The molecule has 1 aliphatic carbocycles. The summed E-state index contributed by atoms with van der Waals surface area (Å²) in [7, 11) is 1.69. The molecule has 1 aromatic rings. The van der Waals surface area contributed by atoms with E-state index in [0.717, 1.165) is 11.3 Å². The fourth-order valence-electron chi connectivity index (χ4n) is 3.02. The molecule has 0 radical (unpaired) electrons. The van der Waals surface area contributed by atoms with Crippen molar-refractivity contribution in [1.82, 2.24) is 0 Å². The molecule has 1 heteroatoms. The van der Waals surface area contributed by atoms with E-state index in [1.807, 2.05) is 12.1 Å². The maximum atomic E-state index is 5.23. The van der Waals surface area contributed by atoms with Crippen LogP contribution in [0.4, 0.5) is 0 Å². The molecule has 0 aromatic heterocycles. The van der Waals surface area contributed by atoms with E-state index in [4.69, 9.17) is 4.74 Å². The van der Waals surface area contributed by atoms with Crippen molar-refractivity contribution < 1.29 is 4.74 Å². The van der Waals surface area contributed by atoms with E-state index in [2.05, 4.69) is 53.3 Å². The Morgan fingerprint density at radius 1 is 1.00 bits per heavy atom. The van der Waals surface area contributed by atoms with Crippen molar-refractivity contribution in [3.8, 4) is 5.75 Å². The Hall–Kier alpha value is -1.50. The molecule has 0 amide bonds. The first-order valence-electron chi connectivity index (χ1n) is 6.79. The number of rotatable bonds is 3. The summed E-state index contributed by atoms with van der Waals surface area (Å²) in [4.78, 5) is 0. The number of hydrogen-bond donors (Lipinski definition) is 0. The Balaban J connectivity index is 2.55. The molecule has 1 aromatic carbocycles. The first-order valence-corrected chi connectivity index (χ1v) is 6.79. The number of ether oxygens (including phenoxy) is 1. The van der Waals surface area contributed by atoms with Crippen LogP contribution in [0.25, 0.3) is 5.57 Å². The second-order valence-corrected chi connectivity index (χ2v) is 6.51. The third kappa shape index (κ3) is 2.01. The first-order chi connectivity index (χ1) is 8.73. The molecular formula is C18H24O. The van der Waals surface area contributed by atoms with Crippen LogP contribution < -0.4 is 4.74 Å². The number of allylic oxidation sites excluding steroid dienone is 3. The molecule has 0 aliphatic heterocycles. The molecule has 1 saturated carbocycles. The minimum atomic E-state index is 0.251. The van der Waals surface area contributed by atoms with E-state index in [1.165, 1.54) is 16.7 Å². The zero-order valence-electron chi connectivity index (χ0n) is 12.9. The van der Waals surface area contributed by atoms with Gasteiger partial charge in [-0.1, -0.05) is 52.0 Å². The topological polar surface area (TPSA) is 9.23 Å². The fraction of sp³-hybridized carbons (Fsp3) is 0.444. The third-order valence-corrected chi connectivity index (χ3v) is 4.81. The third-order valence-electron chi connectivity index (χ3n) is 4.81. The van der Waals surface area contributed by atoms with Crippen LogP contribution in [0.2, 0.25) is 0 Å². The van der Waals surface area contributed by atoms with Crippen LogP contribution in [-0.2, 0) is 0 Å². The standard InChI is InChI=1S/C18H24O/c1-12(2)15(16-17(3,4)18(16,5)6)13-8-10-14(19-7)11-9-13/h8-11H,1H2,2-7H3. The van der Waals surface area contributed by atoms with Crippen LogP contribution in [0.5, 0.6) is 5.75 Å². The quantitative estimate of drug-likeness (QED) is 0.732. The van der Waals surface area contributed by atoms with Crippen molar-refractivity contribution in [3.63, 3.8) is 0 Å². The molecular weight excluding hydrogens is 232 g/mol. The van der Waals surface area contributed by atoms with Gasteiger partial charge < -0.3 is 4.74 Å². The van der Waals surface area contributed by atoms with E-state index < -0.39 is 0 Å². The highest BCUT2D eigenvalue weighted by atomic mass is 16.5. The largest absolute Gasteiger partial charge is 0.497 e. The SMILES string of the molecule is C=C(C)C(=C1C(C)(C)C1(C)C)c1ccc(OC)cc1. The summed E-state index contributed by atoms with van der Waals surface area (Å²) in [5.74, 6) is 0.893. The number of hydrogen-bond acceptors (Lipinski definition) is 1. The summed E-state index contributed by atoms with van der Waals surface area (Å²) in [6.45, 7) is 15.5. The minimum Gasteiger partial charge on any atom is -0.497 e. The summed E-state index contributed by atoms with van der Waals surface area (Å²) in [5.41, 5.74) is 5.71. The maximum absolute atomic E-state index is 5.23. The van der Waals surface area contributed by atoms with E-state index in [9.17, 15) is 0 Å². The Morgan fingerprint density at radius 2 is 1.47 bits per heavy atom. The van der Waals surface area contributed by atoms with Gasteiger partial charge in [0.2, 0.25) is 0 Å². The van der Waals surface area contributed by atoms with Crippen LogP contribution in [0.3, 0.4) is 0 Å². The molecule has 0 N–H and O–H groups in total. The zero-order chi connectivity index (χ0) is 14.4.